The van der Waals surface area contributed by atoms with Crippen molar-refractivity contribution >= 4 is 5.65 Å². The number of likely N-dealkylation sites (tertiary alicyclic amines) is 1. The van der Waals surface area contributed by atoms with E-state index in [0.29, 0.717) is 13.0 Å². The van der Waals surface area contributed by atoms with Crippen LogP contribution in [0.1, 0.15) is 48.3 Å². The number of imidazole rings is 1. The van der Waals surface area contributed by atoms with Gasteiger partial charge in [-0.05, 0) is 44.0 Å². The summed E-state index contributed by atoms with van der Waals surface area (Å²) >= 11 is 0. The average Bonchev–Trinajstić information content (AvgIpc) is 3.26. The molecule has 3 aromatic rings. The van der Waals surface area contributed by atoms with E-state index in [2.05, 4.69) is 50.9 Å². The summed E-state index contributed by atoms with van der Waals surface area (Å²) in [6.45, 7) is 4.51. The second kappa shape index (κ2) is 7.55. The van der Waals surface area contributed by atoms with E-state index in [-0.39, 0.29) is 6.04 Å². The molecule has 1 unspecified atom stereocenters. The Kier molecular flexibility index (Phi) is 4.99. The first-order valence-electron chi connectivity index (χ1n) is 9.22. The summed E-state index contributed by atoms with van der Waals surface area (Å²) in [6, 6.07) is 4.37. The number of piperidine rings is 1. The SMILES string of the molecule is COCCc1noc(C2CCCCN2Cc2cn3ccc(C)cc3n2)n1. The van der Waals surface area contributed by atoms with Crippen molar-refractivity contribution in [1.82, 2.24) is 24.4 Å². The van der Waals surface area contributed by atoms with Crippen molar-refractivity contribution in [2.24, 2.45) is 0 Å². The highest BCUT2D eigenvalue weighted by molar-refractivity contribution is 5.42. The number of nitrogens with zero attached hydrogens (tertiary/aromatic N) is 5. The van der Waals surface area contributed by atoms with Crippen LogP contribution in [0.2, 0.25) is 0 Å². The maximum atomic E-state index is 5.56. The van der Waals surface area contributed by atoms with Crippen LogP contribution in [0.25, 0.3) is 5.65 Å². The van der Waals surface area contributed by atoms with Gasteiger partial charge < -0.3 is 13.7 Å². The minimum atomic E-state index is 0.166. The zero-order valence-corrected chi connectivity index (χ0v) is 15.4. The molecule has 7 heteroatoms. The number of hydrogen-bond donors (Lipinski definition) is 0. The molecule has 1 aliphatic heterocycles. The molecule has 0 amide bonds. The van der Waals surface area contributed by atoms with Crippen LogP contribution in [-0.4, -0.2) is 44.7 Å². The lowest BCUT2D eigenvalue weighted by atomic mass is 10.0. The third-order valence-corrected chi connectivity index (χ3v) is 4.94. The Morgan fingerprint density at radius 1 is 1.31 bits per heavy atom. The third-order valence-electron chi connectivity index (χ3n) is 4.94. The Balaban J connectivity index is 1.52. The monoisotopic (exact) mass is 355 g/mol. The standard InChI is InChI=1S/C19H25N5O2/c1-14-6-9-24-13-15(20-18(24)11-14)12-23-8-4-3-5-16(23)19-21-17(22-26-19)7-10-25-2/h6,9,11,13,16H,3-5,7-8,10,12H2,1-2H3. The van der Waals surface area contributed by atoms with Crippen LogP contribution < -0.4 is 0 Å². The first-order chi connectivity index (χ1) is 12.7. The number of aryl methyl sites for hydroxylation is 1. The van der Waals surface area contributed by atoms with Gasteiger partial charge >= 0.3 is 0 Å². The van der Waals surface area contributed by atoms with E-state index in [4.69, 9.17) is 14.2 Å². The first kappa shape index (κ1) is 17.2. The van der Waals surface area contributed by atoms with Gasteiger partial charge in [0.15, 0.2) is 5.82 Å². The van der Waals surface area contributed by atoms with Crippen LogP contribution in [0.5, 0.6) is 0 Å². The van der Waals surface area contributed by atoms with E-state index in [1.807, 2.05) is 0 Å². The summed E-state index contributed by atoms with van der Waals surface area (Å²) in [5.41, 5.74) is 3.29. The van der Waals surface area contributed by atoms with Gasteiger partial charge in [0.1, 0.15) is 5.65 Å². The highest BCUT2D eigenvalue weighted by Crippen LogP contribution is 2.31. The van der Waals surface area contributed by atoms with Crippen molar-refractivity contribution in [3.63, 3.8) is 0 Å². The Hall–Kier alpha value is -2.25. The number of pyridine rings is 1. The molecule has 0 radical (unpaired) electrons. The molecule has 138 valence electrons. The highest BCUT2D eigenvalue weighted by atomic mass is 16.5. The number of rotatable bonds is 6. The fourth-order valence-electron chi connectivity index (χ4n) is 3.58. The summed E-state index contributed by atoms with van der Waals surface area (Å²) in [4.78, 5) is 11.8. The quantitative estimate of drug-likeness (QED) is 0.677. The molecule has 4 heterocycles. The molecule has 1 fully saturated rings. The molecule has 0 N–H and O–H groups in total. The van der Waals surface area contributed by atoms with Gasteiger partial charge in [0, 0.05) is 32.5 Å². The van der Waals surface area contributed by atoms with Crippen molar-refractivity contribution in [3.05, 3.63) is 47.5 Å². The van der Waals surface area contributed by atoms with Gasteiger partial charge in [-0.2, -0.15) is 4.98 Å². The van der Waals surface area contributed by atoms with Gasteiger partial charge in [0.25, 0.3) is 0 Å². The number of hydrogen-bond acceptors (Lipinski definition) is 6. The van der Waals surface area contributed by atoms with Crippen LogP contribution in [0, 0.1) is 6.92 Å². The van der Waals surface area contributed by atoms with E-state index in [9.17, 15) is 0 Å². The van der Waals surface area contributed by atoms with Gasteiger partial charge in [-0.3, -0.25) is 4.90 Å². The van der Waals surface area contributed by atoms with Gasteiger partial charge in [-0.1, -0.05) is 11.6 Å². The van der Waals surface area contributed by atoms with Crippen LogP contribution in [0.3, 0.4) is 0 Å². The second-order valence-corrected chi connectivity index (χ2v) is 6.98. The maximum Gasteiger partial charge on any atom is 0.244 e. The summed E-state index contributed by atoms with van der Waals surface area (Å²) in [5.74, 6) is 1.44. The summed E-state index contributed by atoms with van der Waals surface area (Å²) in [5, 5.41) is 4.10. The molecule has 1 saturated heterocycles. The molecule has 0 aliphatic carbocycles. The number of ether oxygens (including phenoxy) is 1. The molecule has 7 nitrogen and oxygen atoms in total. The van der Waals surface area contributed by atoms with Gasteiger partial charge in [-0.25, -0.2) is 4.98 Å². The molecule has 0 aromatic carbocycles. The van der Waals surface area contributed by atoms with Crippen molar-refractivity contribution in [2.75, 3.05) is 20.3 Å². The van der Waals surface area contributed by atoms with Crippen molar-refractivity contribution in [1.29, 1.82) is 0 Å². The predicted molar refractivity (Wildman–Crippen MR) is 96.8 cm³/mol. The van der Waals surface area contributed by atoms with Crippen LogP contribution >= 0.6 is 0 Å². The molecule has 1 aliphatic rings. The lowest BCUT2D eigenvalue weighted by Gasteiger charge is -2.32. The zero-order valence-electron chi connectivity index (χ0n) is 15.4. The normalized spacial score (nSPS) is 18.6. The third kappa shape index (κ3) is 3.64. The largest absolute Gasteiger partial charge is 0.384 e. The number of fused-ring (bicyclic) bond motifs is 1. The van der Waals surface area contributed by atoms with Crippen molar-refractivity contribution in [2.45, 2.75) is 45.2 Å². The Morgan fingerprint density at radius 2 is 2.23 bits per heavy atom. The summed E-state index contributed by atoms with van der Waals surface area (Å²) in [6.07, 6.45) is 8.26. The van der Waals surface area contributed by atoms with Crippen LogP contribution in [0.4, 0.5) is 0 Å². The fourth-order valence-corrected chi connectivity index (χ4v) is 3.58. The summed E-state index contributed by atoms with van der Waals surface area (Å²) in [7, 11) is 1.68. The molecule has 4 rings (SSSR count). The number of aromatic nitrogens is 4. The van der Waals surface area contributed by atoms with E-state index in [1.54, 1.807) is 7.11 Å². The van der Waals surface area contributed by atoms with E-state index in [0.717, 1.165) is 42.6 Å². The van der Waals surface area contributed by atoms with E-state index < -0.39 is 0 Å². The highest BCUT2D eigenvalue weighted by Gasteiger charge is 2.29. The first-order valence-corrected chi connectivity index (χ1v) is 9.22. The molecule has 0 spiro atoms. The van der Waals surface area contributed by atoms with Crippen LogP contribution in [-0.2, 0) is 17.7 Å². The second-order valence-electron chi connectivity index (χ2n) is 6.98. The molecule has 0 bridgehead atoms. The van der Waals surface area contributed by atoms with Crippen molar-refractivity contribution in [3.8, 4) is 0 Å². The maximum absolute atomic E-state index is 5.56. The van der Waals surface area contributed by atoms with Gasteiger partial charge in [-0.15, -0.1) is 0 Å². The Labute approximate surface area is 153 Å². The molecular formula is C19H25N5O2. The minimum absolute atomic E-state index is 0.166. The van der Waals surface area contributed by atoms with Crippen LogP contribution in [0.15, 0.2) is 29.0 Å². The van der Waals surface area contributed by atoms with E-state index >= 15 is 0 Å². The molecular weight excluding hydrogens is 330 g/mol. The van der Waals surface area contributed by atoms with Gasteiger partial charge in [0.2, 0.25) is 5.89 Å². The lowest BCUT2D eigenvalue weighted by Crippen LogP contribution is -2.33. The zero-order chi connectivity index (χ0) is 17.9. The Bertz CT molecular complexity index is 872. The average molecular weight is 355 g/mol. The molecule has 26 heavy (non-hydrogen) atoms. The molecule has 1 atom stereocenters. The topological polar surface area (TPSA) is 68.7 Å². The Morgan fingerprint density at radius 3 is 3.12 bits per heavy atom. The molecule has 3 aromatic heterocycles. The predicted octanol–water partition coefficient (Wildman–Crippen LogP) is 2.94. The lowest BCUT2D eigenvalue weighted by molar-refractivity contribution is 0.110. The number of methoxy groups -OCH3 is 1. The minimum Gasteiger partial charge on any atom is -0.384 e. The molecule has 0 saturated carbocycles. The van der Waals surface area contributed by atoms with Crippen molar-refractivity contribution < 1.29 is 9.26 Å². The van der Waals surface area contributed by atoms with E-state index in [1.165, 1.54) is 18.4 Å². The fraction of sp³-hybridized carbons (Fsp3) is 0.526. The smallest absolute Gasteiger partial charge is 0.244 e. The van der Waals surface area contributed by atoms with Gasteiger partial charge in [0.05, 0.1) is 18.3 Å². The summed E-state index contributed by atoms with van der Waals surface area (Å²) < 4.78 is 12.7.